The molecule has 1 aromatic carbocycles. The molecule has 0 spiro atoms. The number of esters is 2. The molecule has 7 heteroatoms. The van der Waals surface area contributed by atoms with Crippen molar-refractivity contribution in [1.82, 2.24) is 0 Å². The Bertz CT molecular complexity index is 867. The van der Waals surface area contributed by atoms with Gasteiger partial charge in [0, 0.05) is 24.7 Å². The molecule has 0 aliphatic carbocycles. The molecule has 0 bridgehead atoms. The van der Waals surface area contributed by atoms with Crippen LogP contribution < -0.4 is 4.74 Å². The summed E-state index contributed by atoms with van der Waals surface area (Å²) in [5, 5.41) is 0.228. The summed E-state index contributed by atoms with van der Waals surface area (Å²) in [6, 6.07) is 5.78. The van der Waals surface area contributed by atoms with E-state index in [0.29, 0.717) is 38.4 Å². The van der Waals surface area contributed by atoms with Gasteiger partial charge < -0.3 is 18.6 Å². The molecule has 0 aliphatic rings. The number of benzene rings is 1. The van der Waals surface area contributed by atoms with Crippen molar-refractivity contribution in [2.24, 2.45) is 0 Å². The zero-order valence-corrected chi connectivity index (χ0v) is 24.4. The van der Waals surface area contributed by atoms with Crippen LogP contribution in [0.2, 0.25) is 18.1 Å². The molecule has 0 amide bonds. The van der Waals surface area contributed by atoms with Gasteiger partial charge in [-0.2, -0.15) is 0 Å². The fourth-order valence-corrected chi connectivity index (χ4v) is 4.19. The van der Waals surface area contributed by atoms with E-state index in [4.69, 9.17) is 18.6 Å². The van der Waals surface area contributed by atoms with Crippen LogP contribution in [0.15, 0.2) is 30.4 Å². The first-order valence-corrected chi connectivity index (χ1v) is 16.0. The highest BCUT2D eigenvalue weighted by Crippen LogP contribution is 2.36. The van der Waals surface area contributed by atoms with Crippen LogP contribution in [-0.4, -0.2) is 46.7 Å². The van der Waals surface area contributed by atoms with Crippen LogP contribution in [0.5, 0.6) is 5.75 Å². The van der Waals surface area contributed by atoms with E-state index in [-0.39, 0.29) is 11.0 Å². The maximum atomic E-state index is 11.9. The van der Waals surface area contributed by atoms with Gasteiger partial charge in [-0.05, 0) is 75.4 Å². The molecule has 36 heavy (non-hydrogen) atoms. The molecule has 0 unspecified atom stereocenters. The van der Waals surface area contributed by atoms with Gasteiger partial charge in [-0.1, -0.05) is 45.1 Å². The lowest BCUT2D eigenvalue weighted by Gasteiger charge is -2.36. The van der Waals surface area contributed by atoms with Gasteiger partial charge in [-0.25, -0.2) is 4.79 Å². The number of hydrogen-bond acceptors (Lipinski definition) is 6. The first kappa shape index (κ1) is 31.6. The number of ether oxygens (including phenoxy) is 3. The second-order valence-electron chi connectivity index (χ2n) is 10.1. The van der Waals surface area contributed by atoms with E-state index in [9.17, 15) is 9.59 Å². The Labute approximate surface area is 219 Å². The van der Waals surface area contributed by atoms with Crippen LogP contribution in [0, 0.1) is 0 Å². The standard InChI is InChI=1S/C29H46O6Si/c1-8-32-27(30)19-15-22-34-26-18-14-17-24(25(26)20-21-28(31)33-9-2)16-12-10-11-13-23-35-36(6,7)29(3,4)5/h12,14,16-18,20-21H,8-11,13,15,19,22-23H2,1-7H3/b16-12?,21-20+. The van der Waals surface area contributed by atoms with Crippen LogP contribution in [0.25, 0.3) is 12.2 Å². The minimum atomic E-state index is -1.69. The highest BCUT2D eigenvalue weighted by Gasteiger charge is 2.36. The second-order valence-corrected chi connectivity index (χ2v) is 14.9. The highest BCUT2D eigenvalue weighted by molar-refractivity contribution is 6.74. The number of hydrogen-bond donors (Lipinski definition) is 0. The van der Waals surface area contributed by atoms with Crippen molar-refractivity contribution in [3.63, 3.8) is 0 Å². The lowest BCUT2D eigenvalue weighted by molar-refractivity contribution is -0.143. The summed E-state index contributed by atoms with van der Waals surface area (Å²) in [5.74, 6) is 0.0329. The van der Waals surface area contributed by atoms with E-state index < -0.39 is 14.3 Å². The molecule has 1 rings (SSSR count). The fraction of sp³-hybridized carbons (Fsp3) is 0.586. The molecule has 0 saturated heterocycles. The van der Waals surface area contributed by atoms with E-state index in [2.05, 4.69) is 46.0 Å². The lowest BCUT2D eigenvalue weighted by Crippen LogP contribution is -2.40. The number of unbranched alkanes of at least 4 members (excludes halogenated alkanes) is 2. The average molecular weight is 519 g/mol. The van der Waals surface area contributed by atoms with E-state index in [1.807, 2.05) is 18.2 Å². The first-order chi connectivity index (χ1) is 17.0. The number of carbonyl (C=O) groups is 2. The maximum absolute atomic E-state index is 11.9. The third-order valence-corrected chi connectivity index (χ3v) is 10.7. The summed E-state index contributed by atoms with van der Waals surface area (Å²) >= 11 is 0. The van der Waals surface area contributed by atoms with E-state index in [0.717, 1.165) is 37.0 Å². The number of rotatable bonds is 16. The predicted octanol–water partition coefficient (Wildman–Crippen LogP) is 7.19. The van der Waals surface area contributed by atoms with Crippen LogP contribution in [0.4, 0.5) is 0 Å². The summed E-state index contributed by atoms with van der Waals surface area (Å²) in [7, 11) is -1.69. The zero-order valence-electron chi connectivity index (χ0n) is 23.4. The quantitative estimate of drug-likeness (QED) is 0.0998. The van der Waals surface area contributed by atoms with E-state index >= 15 is 0 Å². The molecule has 0 fully saturated rings. The van der Waals surface area contributed by atoms with Crippen molar-refractivity contribution >= 4 is 32.4 Å². The maximum Gasteiger partial charge on any atom is 0.330 e. The van der Waals surface area contributed by atoms with Gasteiger partial charge in [0.05, 0.1) is 19.8 Å². The highest BCUT2D eigenvalue weighted by atomic mass is 28.4. The second kappa shape index (κ2) is 16.4. The van der Waals surface area contributed by atoms with Crippen LogP contribution in [-0.2, 0) is 23.5 Å². The molecular weight excluding hydrogens is 472 g/mol. The summed E-state index contributed by atoms with van der Waals surface area (Å²) in [4.78, 5) is 23.5. The van der Waals surface area contributed by atoms with Crippen molar-refractivity contribution < 1.29 is 28.2 Å². The van der Waals surface area contributed by atoms with E-state index in [1.54, 1.807) is 19.9 Å². The zero-order chi connectivity index (χ0) is 27.0. The normalized spacial score (nSPS) is 12.3. The van der Waals surface area contributed by atoms with E-state index in [1.165, 1.54) is 6.08 Å². The predicted molar refractivity (Wildman–Crippen MR) is 150 cm³/mol. The van der Waals surface area contributed by atoms with Gasteiger partial charge in [-0.15, -0.1) is 0 Å². The summed E-state index contributed by atoms with van der Waals surface area (Å²) in [6.45, 7) is 16.8. The van der Waals surface area contributed by atoms with Crippen molar-refractivity contribution in [2.75, 3.05) is 26.4 Å². The fourth-order valence-electron chi connectivity index (χ4n) is 3.10. The number of allylic oxidation sites excluding steroid dienone is 1. The smallest absolute Gasteiger partial charge is 0.330 e. The van der Waals surface area contributed by atoms with Crippen molar-refractivity contribution in [1.29, 1.82) is 0 Å². The molecule has 202 valence electrons. The Morgan fingerprint density at radius 3 is 2.33 bits per heavy atom. The van der Waals surface area contributed by atoms with Gasteiger partial charge in [0.15, 0.2) is 8.32 Å². The SMILES string of the molecule is CCOC(=O)/C=C/c1c(C=CCCCCO[Si](C)(C)C(C)(C)C)cccc1OCCCC(=O)OCC. The van der Waals surface area contributed by atoms with Crippen molar-refractivity contribution in [3.8, 4) is 5.75 Å². The Morgan fingerprint density at radius 1 is 0.944 bits per heavy atom. The van der Waals surface area contributed by atoms with Crippen LogP contribution >= 0.6 is 0 Å². The first-order valence-electron chi connectivity index (χ1n) is 13.1. The number of carbonyl (C=O) groups excluding carboxylic acids is 2. The molecule has 0 atom stereocenters. The third kappa shape index (κ3) is 12.0. The third-order valence-electron chi connectivity index (χ3n) is 6.19. The summed E-state index contributed by atoms with van der Waals surface area (Å²) in [6.07, 6.45) is 11.2. The summed E-state index contributed by atoms with van der Waals surface area (Å²) < 4.78 is 22.2. The average Bonchev–Trinajstić information content (AvgIpc) is 2.80. The van der Waals surface area contributed by atoms with Gasteiger partial charge in [0.2, 0.25) is 0 Å². The van der Waals surface area contributed by atoms with Crippen molar-refractivity contribution in [3.05, 3.63) is 41.5 Å². The molecule has 1 aromatic rings. The molecule has 0 heterocycles. The van der Waals surface area contributed by atoms with Crippen LogP contribution in [0.1, 0.15) is 77.8 Å². The topological polar surface area (TPSA) is 71.1 Å². The van der Waals surface area contributed by atoms with Crippen molar-refractivity contribution in [2.45, 2.75) is 84.9 Å². The van der Waals surface area contributed by atoms with Gasteiger partial charge in [0.1, 0.15) is 5.75 Å². The molecule has 0 N–H and O–H groups in total. The van der Waals surface area contributed by atoms with Gasteiger partial charge in [0.25, 0.3) is 0 Å². The Hall–Kier alpha value is -2.38. The molecule has 0 radical (unpaired) electrons. The Kier molecular flexibility index (Phi) is 14.4. The molecule has 6 nitrogen and oxygen atoms in total. The minimum Gasteiger partial charge on any atom is -0.493 e. The van der Waals surface area contributed by atoms with Gasteiger partial charge >= 0.3 is 11.9 Å². The summed E-state index contributed by atoms with van der Waals surface area (Å²) in [5.41, 5.74) is 1.76. The minimum absolute atomic E-state index is 0.227. The molecular formula is C29H46O6Si. The van der Waals surface area contributed by atoms with Gasteiger partial charge in [-0.3, -0.25) is 4.79 Å². The lowest BCUT2D eigenvalue weighted by atomic mass is 10.0. The monoisotopic (exact) mass is 518 g/mol. The molecule has 0 saturated carbocycles. The largest absolute Gasteiger partial charge is 0.493 e. The Morgan fingerprint density at radius 2 is 1.67 bits per heavy atom. The Balaban J connectivity index is 2.77. The molecule has 0 aliphatic heterocycles. The molecule has 0 aromatic heterocycles. The van der Waals surface area contributed by atoms with Crippen LogP contribution in [0.3, 0.4) is 0 Å².